The van der Waals surface area contributed by atoms with Gasteiger partial charge in [-0.2, -0.15) is 0 Å². The van der Waals surface area contributed by atoms with Gasteiger partial charge >= 0.3 is 0 Å². The maximum absolute atomic E-state index is 11.2. The average Bonchev–Trinajstić information content (AvgIpc) is 2.29. The molecule has 0 radical (unpaired) electrons. The molecule has 0 aromatic heterocycles. The van der Waals surface area contributed by atoms with Crippen LogP contribution in [0.3, 0.4) is 0 Å². The van der Waals surface area contributed by atoms with Crippen molar-refractivity contribution in [2.24, 2.45) is 0 Å². The second-order valence-electron chi connectivity index (χ2n) is 4.06. The van der Waals surface area contributed by atoms with Gasteiger partial charge in [0.15, 0.2) is 0 Å². The first-order valence-corrected chi connectivity index (χ1v) is 6.91. The summed E-state index contributed by atoms with van der Waals surface area (Å²) in [7, 11) is 0. The molecule has 1 heterocycles. The zero-order valence-electron chi connectivity index (χ0n) is 9.59. The molecule has 6 heteroatoms. The van der Waals surface area contributed by atoms with E-state index in [2.05, 4.69) is 4.90 Å². The minimum Gasteiger partial charge on any atom is -0.616 e. The monoisotopic (exact) mass is 254 g/mol. The Kier molecular flexibility index (Phi) is 3.54. The molecule has 0 N–H and O–H groups in total. The van der Waals surface area contributed by atoms with Crippen molar-refractivity contribution in [3.05, 3.63) is 33.9 Å². The van der Waals surface area contributed by atoms with Gasteiger partial charge in [-0.05, 0) is 19.1 Å². The number of anilines is 1. The topological polar surface area (TPSA) is 69.4 Å². The lowest BCUT2D eigenvalue weighted by Crippen LogP contribution is -2.40. The molecule has 1 aromatic rings. The van der Waals surface area contributed by atoms with E-state index >= 15 is 0 Å². The highest BCUT2D eigenvalue weighted by atomic mass is 32.2. The van der Waals surface area contributed by atoms with Crippen LogP contribution >= 0.6 is 0 Å². The Balaban J connectivity index is 2.17. The molecule has 0 spiro atoms. The standard InChI is InChI=1S/C11H14N2O3S/c1-9-8-10(2-3-11(9)13(14)15)12-4-6-17(16)7-5-12/h2-3,8H,4-7H2,1H3. The molecule has 1 fully saturated rings. The summed E-state index contributed by atoms with van der Waals surface area (Å²) in [5.41, 5.74) is 1.79. The lowest BCUT2D eigenvalue weighted by atomic mass is 10.1. The van der Waals surface area contributed by atoms with Crippen molar-refractivity contribution in [1.82, 2.24) is 0 Å². The van der Waals surface area contributed by atoms with Gasteiger partial charge in [0.25, 0.3) is 5.69 Å². The number of rotatable bonds is 2. The van der Waals surface area contributed by atoms with E-state index in [1.54, 1.807) is 13.0 Å². The Hall–Kier alpha value is -1.27. The van der Waals surface area contributed by atoms with Crippen molar-refractivity contribution in [3.63, 3.8) is 0 Å². The number of hydrogen-bond acceptors (Lipinski definition) is 4. The predicted molar refractivity (Wildman–Crippen MR) is 67.9 cm³/mol. The fourth-order valence-corrected chi connectivity index (χ4v) is 2.99. The highest BCUT2D eigenvalue weighted by molar-refractivity contribution is 7.91. The number of nitro benzene ring substituents is 1. The van der Waals surface area contributed by atoms with Crippen molar-refractivity contribution in [2.75, 3.05) is 29.5 Å². The summed E-state index contributed by atoms with van der Waals surface area (Å²) in [6.07, 6.45) is 0. The first-order chi connectivity index (χ1) is 8.08. The maximum Gasteiger partial charge on any atom is 0.272 e. The maximum atomic E-state index is 11.2. The number of aryl methyl sites for hydroxylation is 1. The van der Waals surface area contributed by atoms with E-state index in [0.29, 0.717) is 17.1 Å². The lowest BCUT2D eigenvalue weighted by Gasteiger charge is -2.30. The zero-order chi connectivity index (χ0) is 12.4. The molecule has 0 saturated carbocycles. The van der Waals surface area contributed by atoms with Gasteiger partial charge in [0.05, 0.1) is 18.0 Å². The molecule has 0 aliphatic carbocycles. The zero-order valence-corrected chi connectivity index (χ0v) is 10.4. The third-order valence-corrected chi connectivity index (χ3v) is 4.20. The third-order valence-electron chi connectivity index (χ3n) is 2.92. The fourth-order valence-electron chi connectivity index (χ4n) is 1.94. The van der Waals surface area contributed by atoms with Gasteiger partial charge in [0, 0.05) is 17.3 Å². The highest BCUT2D eigenvalue weighted by Crippen LogP contribution is 2.25. The first-order valence-electron chi connectivity index (χ1n) is 5.43. The summed E-state index contributed by atoms with van der Waals surface area (Å²) < 4.78 is 11.2. The summed E-state index contributed by atoms with van der Waals surface area (Å²) in [5.74, 6) is 1.35. The van der Waals surface area contributed by atoms with Crippen molar-refractivity contribution >= 4 is 22.6 Å². The van der Waals surface area contributed by atoms with E-state index in [-0.39, 0.29) is 10.6 Å². The van der Waals surface area contributed by atoms with E-state index < -0.39 is 11.2 Å². The van der Waals surface area contributed by atoms with Gasteiger partial charge in [-0.3, -0.25) is 10.1 Å². The van der Waals surface area contributed by atoms with Crippen molar-refractivity contribution in [3.8, 4) is 0 Å². The van der Waals surface area contributed by atoms with E-state index in [1.807, 2.05) is 6.07 Å². The molecule has 1 saturated heterocycles. The van der Waals surface area contributed by atoms with E-state index in [4.69, 9.17) is 0 Å². The normalized spacial score (nSPS) is 17.2. The number of benzene rings is 1. The Morgan fingerprint density at radius 3 is 2.53 bits per heavy atom. The second-order valence-corrected chi connectivity index (χ2v) is 5.76. The van der Waals surface area contributed by atoms with Gasteiger partial charge in [0.1, 0.15) is 11.5 Å². The van der Waals surface area contributed by atoms with Gasteiger partial charge in [0.2, 0.25) is 0 Å². The summed E-state index contributed by atoms with van der Waals surface area (Å²) in [6, 6.07) is 5.13. The smallest absolute Gasteiger partial charge is 0.272 e. The Bertz CT molecular complexity index is 431. The lowest BCUT2D eigenvalue weighted by molar-refractivity contribution is -0.385. The fraction of sp³-hybridized carbons (Fsp3) is 0.455. The van der Waals surface area contributed by atoms with Crippen LogP contribution in [0, 0.1) is 17.0 Å². The van der Waals surface area contributed by atoms with Crippen LogP contribution in [-0.2, 0) is 11.2 Å². The summed E-state index contributed by atoms with van der Waals surface area (Å²) >= 11 is -0.702. The molecular formula is C11H14N2O3S. The molecular weight excluding hydrogens is 240 g/mol. The molecule has 0 atom stereocenters. The molecule has 5 nitrogen and oxygen atoms in total. The quantitative estimate of drug-likeness (QED) is 0.455. The summed E-state index contributed by atoms with van der Waals surface area (Å²) in [5, 5.41) is 10.7. The minimum atomic E-state index is -0.702. The minimum absolute atomic E-state index is 0.148. The molecule has 0 unspecified atom stereocenters. The Morgan fingerprint density at radius 2 is 2.00 bits per heavy atom. The van der Waals surface area contributed by atoms with Gasteiger partial charge in [-0.1, -0.05) is 11.2 Å². The molecule has 92 valence electrons. The molecule has 0 bridgehead atoms. The molecule has 0 amide bonds. The van der Waals surface area contributed by atoms with Crippen LogP contribution < -0.4 is 4.90 Å². The largest absolute Gasteiger partial charge is 0.616 e. The predicted octanol–water partition coefficient (Wildman–Crippen LogP) is 1.47. The Morgan fingerprint density at radius 1 is 1.35 bits per heavy atom. The Labute approximate surface area is 103 Å². The van der Waals surface area contributed by atoms with Crippen LogP contribution in [0.15, 0.2) is 18.2 Å². The SMILES string of the molecule is Cc1cc(N2CC[S+]([O-])CC2)ccc1[N+](=O)[O-]. The number of hydrogen-bond donors (Lipinski definition) is 0. The van der Waals surface area contributed by atoms with E-state index in [1.165, 1.54) is 6.07 Å². The van der Waals surface area contributed by atoms with Gasteiger partial charge in [-0.15, -0.1) is 0 Å². The van der Waals surface area contributed by atoms with Crippen LogP contribution in [0.4, 0.5) is 11.4 Å². The highest BCUT2D eigenvalue weighted by Gasteiger charge is 2.20. The van der Waals surface area contributed by atoms with E-state index in [0.717, 1.165) is 18.8 Å². The molecule has 17 heavy (non-hydrogen) atoms. The van der Waals surface area contributed by atoms with Crippen LogP contribution in [0.2, 0.25) is 0 Å². The molecule has 2 rings (SSSR count). The third kappa shape index (κ3) is 2.70. The molecule has 1 aliphatic rings. The second kappa shape index (κ2) is 4.93. The average molecular weight is 254 g/mol. The first kappa shape index (κ1) is 12.2. The van der Waals surface area contributed by atoms with Crippen molar-refractivity contribution in [1.29, 1.82) is 0 Å². The number of nitro groups is 1. The molecule has 1 aromatic carbocycles. The summed E-state index contributed by atoms with van der Waals surface area (Å²) in [6.45, 7) is 3.25. The number of nitrogens with zero attached hydrogens (tertiary/aromatic N) is 2. The van der Waals surface area contributed by atoms with Crippen LogP contribution in [0.5, 0.6) is 0 Å². The van der Waals surface area contributed by atoms with Gasteiger partial charge < -0.3 is 9.45 Å². The van der Waals surface area contributed by atoms with Gasteiger partial charge in [-0.25, -0.2) is 0 Å². The van der Waals surface area contributed by atoms with E-state index in [9.17, 15) is 14.7 Å². The summed E-state index contributed by atoms with van der Waals surface area (Å²) in [4.78, 5) is 12.5. The van der Waals surface area contributed by atoms with Crippen molar-refractivity contribution in [2.45, 2.75) is 6.92 Å². The van der Waals surface area contributed by atoms with Crippen molar-refractivity contribution < 1.29 is 9.48 Å². The molecule has 1 aliphatic heterocycles. The van der Waals surface area contributed by atoms with Crippen LogP contribution in [0.1, 0.15) is 5.56 Å². The van der Waals surface area contributed by atoms with Crippen LogP contribution in [0.25, 0.3) is 0 Å². The van der Waals surface area contributed by atoms with Crippen LogP contribution in [-0.4, -0.2) is 34.1 Å².